The van der Waals surface area contributed by atoms with E-state index < -0.39 is 87.6 Å². The standard InChI is InChI=1S/C11H12F13NO2S.H2O4S/c12-7(10(19,20)21,11(22,23)24)4-6(9(16,17)18)3-5(8(13,14)15)1-2-28(25,26)27;1-5(2,3)4/h5-6H,1-4H2,(H2,25,26,27);(H2,1,2,3,4). The summed E-state index contributed by atoms with van der Waals surface area (Å²) in [6.45, 7) is 0. The highest BCUT2D eigenvalue weighted by Crippen LogP contribution is 2.53. The topological polar surface area (TPSA) is 135 Å². The van der Waals surface area contributed by atoms with Gasteiger partial charge in [-0.25, -0.2) is 17.9 Å². The lowest BCUT2D eigenvalue weighted by molar-refractivity contribution is -0.353. The number of hydrogen-bond donors (Lipinski definition) is 3. The highest BCUT2D eigenvalue weighted by molar-refractivity contribution is 7.89. The molecule has 0 bridgehead atoms. The molecule has 0 rings (SSSR count). The SMILES string of the molecule is NS(=O)(=O)CCC(CC(CC(F)(C(F)(F)F)C(F)(F)F)C(F)(F)F)C(F)(F)F.O=S(=O)(O)O. The summed E-state index contributed by atoms with van der Waals surface area (Å²) in [6, 6.07) is 0. The molecule has 0 saturated carbocycles. The van der Waals surface area contributed by atoms with Gasteiger partial charge in [-0.15, -0.1) is 0 Å². The molecule has 4 N–H and O–H groups in total. The average molecular weight is 567 g/mol. The Morgan fingerprint density at radius 3 is 1.18 bits per heavy atom. The Hall–Kier alpha value is -1.13. The fourth-order valence-corrected chi connectivity index (χ4v) is 2.74. The van der Waals surface area contributed by atoms with Crippen molar-refractivity contribution in [1.82, 2.24) is 0 Å². The van der Waals surface area contributed by atoms with Gasteiger partial charge in [0.1, 0.15) is 0 Å². The maximum atomic E-state index is 13.6. The van der Waals surface area contributed by atoms with Gasteiger partial charge in [-0.1, -0.05) is 0 Å². The summed E-state index contributed by atoms with van der Waals surface area (Å²) in [7, 11) is -9.31. The van der Waals surface area contributed by atoms with Crippen molar-refractivity contribution in [2.24, 2.45) is 17.0 Å². The molecule has 0 aromatic heterocycles. The first-order chi connectivity index (χ1) is 13.9. The third-order valence-corrected chi connectivity index (χ3v) is 4.48. The molecule has 0 heterocycles. The molecule has 0 amide bonds. The lowest BCUT2D eigenvalue weighted by atomic mass is 9.83. The highest BCUT2D eigenvalue weighted by atomic mass is 32.3. The van der Waals surface area contributed by atoms with E-state index in [1.54, 1.807) is 0 Å². The molecule has 0 radical (unpaired) electrons. The van der Waals surface area contributed by atoms with E-state index in [2.05, 4.69) is 5.14 Å². The Labute approximate surface area is 176 Å². The van der Waals surface area contributed by atoms with Crippen LogP contribution in [0.25, 0.3) is 0 Å². The summed E-state index contributed by atoms with van der Waals surface area (Å²) in [5.41, 5.74) is -6.43. The molecule has 0 aromatic rings. The lowest BCUT2D eigenvalue weighted by Gasteiger charge is -2.35. The molecule has 0 aliphatic carbocycles. The van der Waals surface area contributed by atoms with Gasteiger partial charge in [0.25, 0.3) is 5.67 Å². The van der Waals surface area contributed by atoms with Crippen LogP contribution in [-0.2, 0) is 20.4 Å². The molecule has 0 aromatic carbocycles. The Morgan fingerprint density at radius 2 is 0.970 bits per heavy atom. The molecule has 0 aliphatic rings. The maximum Gasteiger partial charge on any atom is 0.431 e. The van der Waals surface area contributed by atoms with E-state index >= 15 is 0 Å². The van der Waals surface area contributed by atoms with Crippen molar-refractivity contribution in [3.8, 4) is 0 Å². The molecule has 22 heteroatoms. The fourth-order valence-electron chi connectivity index (χ4n) is 2.13. The first kappa shape index (κ1) is 34.0. The predicted octanol–water partition coefficient (Wildman–Crippen LogP) is 3.98. The van der Waals surface area contributed by atoms with Crippen molar-refractivity contribution in [3.63, 3.8) is 0 Å². The van der Waals surface area contributed by atoms with Gasteiger partial charge in [0.05, 0.1) is 17.6 Å². The minimum atomic E-state index is -6.90. The summed E-state index contributed by atoms with van der Waals surface area (Å²) >= 11 is 0. The third kappa shape index (κ3) is 13.4. The highest BCUT2D eigenvalue weighted by Gasteiger charge is 2.74. The zero-order valence-corrected chi connectivity index (χ0v) is 17.0. The maximum absolute atomic E-state index is 13.6. The molecular formula is C11H14F13NO6S2. The van der Waals surface area contributed by atoms with Crippen molar-refractivity contribution in [2.45, 2.75) is 49.6 Å². The van der Waals surface area contributed by atoms with E-state index in [0.29, 0.717) is 0 Å². The second-order valence-electron chi connectivity index (χ2n) is 6.32. The van der Waals surface area contributed by atoms with Crippen molar-refractivity contribution in [2.75, 3.05) is 5.75 Å². The van der Waals surface area contributed by atoms with Crippen molar-refractivity contribution < 1.29 is 83.0 Å². The summed E-state index contributed by atoms with van der Waals surface area (Å²) in [6.07, 6.45) is -33.1. The molecule has 0 spiro atoms. The van der Waals surface area contributed by atoms with Crippen LogP contribution in [-0.4, -0.2) is 62.1 Å². The van der Waals surface area contributed by atoms with E-state index in [-0.39, 0.29) is 0 Å². The van der Waals surface area contributed by atoms with Crippen molar-refractivity contribution in [3.05, 3.63) is 0 Å². The van der Waals surface area contributed by atoms with Crippen LogP contribution in [0.3, 0.4) is 0 Å². The molecular weight excluding hydrogens is 553 g/mol. The Kier molecular flexibility index (Phi) is 11.0. The molecule has 0 saturated heterocycles. The second kappa shape index (κ2) is 10.6. The van der Waals surface area contributed by atoms with E-state index in [1.807, 2.05) is 0 Å². The lowest BCUT2D eigenvalue weighted by Crippen LogP contribution is -2.55. The number of halogens is 13. The number of alkyl halides is 13. The van der Waals surface area contributed by atoms with Gasteiger partial charge in [0, 0.05) is 6.42 Å². The predicted molar refractivity (Wildman–Crippen MR) is 81.0 cm³/mol. The Balaban J connectivity index is 0. The third-order valence-electron chi connectivity index (χ3n) is 3.67. The molecule has 7 nitrogen and oxygen atoms in total. The number of primary sulfonamides is 1. The molecule has 0 fully saturated rings. The Bertz CT molecular complexity index is 807. The molecule has 202 valence electrons. The Morgan fingerprint density at radius 1 is 0.667 bits per heavy atom. The van der Waals surface area contributed by atoms with Gasteiger partial charge in [-0.05, 0) is 12.8 Å². The van der Waals surface area contributed by atoms with Crippen LogP contribution in [0, 0.1) is 11.8 Å². The van der Waals surface area contributed by atoms with E-state index in [0.717, 1.165) is 0 Å². The molecule has 2 atom stereocenters. The zero-order chi connectivity index (χ0) is 27.5. The summed E-state index contributed by atoms with van der Waals surface area (Å²) in [5, 5.41) is 4.38. The van der Waals surface area contributed by atoms with Crippen molar-refractivity contribution >= 4 is 20.4 Å². The number of rotatable bonds is 7. The smallest absolute Gasteiger partial charge is 0.264 e. The number of nitrogens with two attached hydrogens (primary N) is 1. The fraction of sp³-hybridized carbons (Fsp3) is 1.00. The first-order valence-electron chi connectivity index (χ1n) is 7.58. The quantitative estimate of drug-likeness (QED) is 0.315. The van der Waals surface area contributed by atoms with E-state index in [9.17, 15) is 65.5 Å². The van der Waals surface area contributed by atoms with Crippen LogP contribution >= 0.6 is 0 Å². The van der Waals surface area contributed by atoms with Crippen LogP contribution in [0.4, 0.5) is 57.1 Å². The van der Waals surface area contributed by atoms with Crippen LogP contribution < -0.4 is 5.14 Å². The van der Waals surface area contributed by atoms with Gasteiger partial charge in [0.2, 0.25) is 10.0 Å². The summed E-state index contributed by atoms with van der Waals surface area (Å²) < 4.78 is 218. The van der Waals surface area contributed by atoms with Gasteiger partial charge in [-0.3, -0.25) is 9.11 Å². The first-order valence-corrected chi connectivity index (χ1v) is 10.7. The minimum Gasteiger partial charge on any atom is -0.264 e. The molecule has 2 unspecified atom stereocenters. The van der Waals surface area contributed by atoms with Crippen LogP contribution in [0.1, 0.15) is 19.3 Å². The van der Waals surface area contributed by atoms with Gasteiger partial charge in [0.15, 0.2) is 0 Å². The molecule has 33 heavy (non-hydrogen) atoms. The van der Waals surface area contributed by atoms with Gasteiger partial charge in [-0.2, -0.15) is 61.1 Å². The summed E-state index contributed by atoms with van der Waals surface area (Å²) in [4.78, 5) is 0. The van der Waals surface area contributed by atoms with Crippen LogP contribution in [0.2, 0.25) is 0 Å². The van der Waals surface area contributed by atoms with Crippen molar-refractivity contribution in [1.29, 1.82) is 0 Å². The monoisotopic (exact) mass is 567 g/mol. The van der Waals surface area contributed by atoms with E-state index in [1.165, 1.54) is 0 Å². The average Bonchev–Trinajstić information content (AvgIpc) is 2.42. The normalized spacial score (nSPS) is 16.6. The van der Waals surface area contributed by atoms with E-state index in [4.69, 9.17) is 17.5 Å². The number of hydrogen-bond acceptors (Lipinski definition) is 4. The molecule has 0 aliphatic heterocycles. The van der Waals surface area contributed by atoms with Gasteiger partial charge >= 0.3 is 35.1 Å². The minimum absolute atomic E-state index is 1.55. The van der Waals surface area contributed by atoms with Crippen LogP contribution in [0.15, 0.2) is 0 Å². The zero-order valence-electron chi connectivity index (χ0n) is 15.3. The summed E-state index contributed by atoms with van der Waals surface area (Å²) in [5.74, 6) is -8.89. The number of sulfonamides is 1. The second-order valence-corrected chi connectivity index (χ2v) is 8.95. The van der Waals surface area contributed by atoms with Crippen LogP contribution in [0.5, 0.6) is 0 Å². The largest absolute Gasteiger partial charge is 0.431 e. The van der Waals surface area contributed by atoms with Gasteiger partial charge < -0.3 is 0 Å².